The van der Waals surface area contributed by atoms with E-state index in [0.717, 1.165) is 6.42 Å². The summed E-state index contributed by atoms with van der Waals surface area (Å²) in [5.74, 6) is 0.694. The minimum Gasteiger partial charge on any atom is -0.0808 e. The van der Waals surface area contributed by atoms with Crippen molar-refractivity contribution in [2.45, 2.75) is 41.0 Å². The van der Waals surface area contributed by atoms with Crippen LogP contribution >= 0.6 is 0 Å². The van der Waals surface area contributed by atoms with E-state index in [1.165, 1.54) is 11.1 Å². The fraction of sp³-hybridized carbons (Fsp3) is 0.467. The van der Waals surface area contributed by atoms with Gasteiger partial charge in [-0.1, -0.05) is 42.4 Å². The minimum absolute atomic E-state index is 0.694. The quantitative estimate of drug-likeness (QED) is 0.528. The van der Waals surface area contributed by atoms with Gasteiger partial charge in [-0.2, -0.15) is 0 Å². The second kappa shape index (κ2) is 5.16. The first-order valence-electron chi connectivity index (χ1n) is 5.72. The third kappa shape index (κ3) is 2.71. The molecule has 2 aliphatic carbocycles. The molecule has 2 aliphatic rings. The molecule has 2 rings (SSSR count). The highest BCUT2D eigenvalue weighted by Crippen LogP contribution is 2.35. The van der Waals surface area contributed by atoms with Crippen LogP contribution in [0.1, 0.15) is 41.0 Å². The van der Waals surface area contributed by atoms with Gasteiger partial charge >= 0.3 is 0 Å². The number of rotatable bonds is 0. The van der Waals surface area contributed by atoms with Crippen LogP contribution in [-0.2, 0) is 0 Å². The smallest absolute Gasteiger partial charge is 0.00153 e. The molecule has 0 unspecified atom stereocenters. The van der Waals surface area contributed by atoms with Crippen molar-refractivity contribution in [2.75, 3.05) is 0 Å². The van der Waals surface area contributed by atoms with Gasteiger partial charge in [0, 0.05) is 0 Å². The molecule has 0 heterocycles. The Morgan fingerprint density at radius 1 is 0.867 bits per heavy atom. The predicted octanol–water partition coefficient (Wildman–Crippen LogP) is 4.81. The average molecular weight is 202 g/mol. The summed E-state index contributed by atoms with van der Waals surface area (Å²) in [6, 6.07) is 0. The second-order valence-electron chi connectivity index (χ2n) is 4.43. The van der Waals surface area contributed by atoms with Crippen molar-refractivity contribution in [1.82, 2.24) is 0 Å². The Bertz CT molecular complexity index is 314. The highest BCUT2D eigenvalue weighted by Gasteiger charge is 2.19. The van der Waals surface area contributed by atoms with Crippen LogP contribution in [0.3, 0.4) is 0 Å². The average Bonchev–Trinajstić information content (AvgIpc) is 2.86. The van der Waals surface area contributed by atoms with E-state index in [4.69, 9.17) is 0 Å². The lowest BCUT2D eigenvalue weighted by Crippen LogP contribution is -1.92. The van der Waals surface area contributed by atoms with Crippen LogP contribution in [0.15, 0.2) is 46.6 Å². The van der Waals surface area contributed by atoms with Crippen molar-refractivity contribution >= 4 is 0 Å². The molecule has 0 radical (unpaired) electrons. The SMILES string of the molecule is C1=CCC=C1.CC1=C(C)C(C)C(C)=C1C. The van der Waals surface area contributed by atoms with E-state index in [0.29, 0.717) is 5.92 Å². The van der Waals surface area contributed by atoms with E-state index in [9.17, 15) is 0 Å². The van der Waals surface area contributed by atoms with Gasteiger partial charge in [-0.05, 0) is 51.2 Å². The molecule has 0 fully saturated rings. The molecular formula is C15H22. The van der Waals surface area contributed by atoms with Crippen molar-refractivity contribution in [3.63, 3.8) is 0 Å². The topological polar surface area (TPSA) is 0 Å². The maximum atomic E-state index is 2.28. The Labute approximate surface area is 94.1 Å². The Kier molecular flexibility index (Phi) is 4.14. The van der Waals surface area contributed by atoms with E-state index in [1.807, 2.05) is 0 Å². The van der Waals surface area contributed by atoms with E-state index >= 15 is 0 Å². The molecule has 15 heavy (non-hydrogen) atoms. The molecule has 0 bridgehead atoms. The molecule has 0 spiro atoms. The Morgan fingerprint density at radius 3 is 1.40 bits per heavy atom. The molecule has 0 nitrogen and oxygen atoms in total. The summed E-state index contributed by atoms with van der Waals surface area (Å²) in [6.07, 6.45) is 9.50. The fourth-order valence-electron chi connectivity index (χ4n) is 1.96. The normalized spacial score (nSPS) is 20.1. The van der Waals surface area contributed by atoms with Gasteiger partial charge in [0.15, 0.2) is 0 Å². The molecule has 0 saturated heterocycles. The largest absolute Gasteiger partial charge is 0.0808 e. The molecule has 0 N–H and O–H groups in total. The summed E-state index contributed by atoms with van der Waals surface area (Å²) in [4.78, 5) is 0. The molecule has 0 saturated carbocycles. The first-order valence-corrected chi connectivity index (χ1v) is 5.72. The Balaban J connectivity index is 0.000000187. The van der Waals surface area contributed by atoms with Crippen molar-refractivity contribution in [3.8, 4) is 0 Å². The van der Waals surface area contributed by atoms with Crippen LogP contribution in [0.5, 0.6) is 0 Å². The molecule has 0 aliphatic heterocycles. The summed E-state index contributed by atoms with van der Waals surface area (Å²) in [6.45, 7) is 11.2. The van der Waals surface area contributed by atoms with E-state index < -0.39 is 0 Å². The van der Waals surface area contributed by atoms with Crippen molar-refractivity contribution < 1.29 is 0 Å². The van der Waals surface area contributed by atoms with Crippen LogP contribution < -0.4 is 0 Å². The number of allylic oxidation sites excluding steroid dienone is 8. The molecule has 0 heteroatoms. The maximum Gasteiger partial charge on any atom is -0.00153 e. The summed E-state index contributed by atoms with van der Waals surface area (Å²) < 4.78 is 0. The highest BCUT2D eigenvalue weighted by molar-refractivity contribution is 5.45. The number of hydrogen-bond donors (Lipinski definition) is 0. The lowest BCUT2D eigenvalue weighted by molar-refractivity contribution is 0.815. The first-order chi connectivity index (χ1) is 7.05. The van der Waals surface area contributed by atoms with Gasteiger partial charge in [0.05, 0.1) is 0 Å². The lowest BCUT2D eigenvalue weighted by Gasteiger charge is -2.05. The van der Waals surface area contributed by atoms with E-state index in [1.54, 1.807) is 11.1 Å². The lowest BCUT2D eigenvalue weighted by atomic mass is 10.00. The third-order valence-corrected chi connectivity index (χ3v) is 3.70. The van der Waals surface area contributed by atoms with Crippen molar-refractivity contribution in [1.29, 1.82) is 0 Å². The molecular weight excluding hydrogens is 180 g/mol. The van der Waals surface area contributed by atoms with Crippen LogP contribution in [-0.4, -0.2) is 0 Å². The molecule has 0 aromatic heterocycles. The van der Waals surface area contributed by atoms with Gasteiger partial charge in [0.1, 0.15) is 0 Å². The standard InChI is InChI=1S/C10H16.C5H6/c1-6-7(2)9(4)10(5)8(6)3;1-2-4-5-3-1/h6H,1-5H3;1-4H,5H2. The maximum absolute atomic E-state index is 2.28. The van der Waals surface area contributed by atoms with Crippen molar-refractivity contribution in [3.05, 3.63) is 46.6 Å². The Hall–Kier alpha value is -1.04. The summed E-state index contributed by atoms with van der Waals surface area (Å²) >= 11 is 0. The van der Waals surface area contributed by atoms with Crippen LogP contribution in [0.4, 0.5) is 0 Å². The number of hydrogen-bond acceptors (Lipinski definition) is 0. The zero-order valence-corrected chi connectivity index (χ0v) is 10.6. The fourth-order valence-corrected chi connectivity index (χ4v) is 1.96. The second-order valence-corrected chi connectivity index (χ2v) is 4.43. The molecule has 0 aromatic rings. The van der Waals surface area contributed by atoms with Gasteiger partial charge < -0.3 is 0 Å². The zero-order valence-electron chi connectivity index (χ0n) is 10.6. The Morgan fingerprint density at radius 2 is 1.27 bits per heavy atom. The summed E-state index contributed by atoms with van der Waals surface area (Å²) in [5.41, 5.74) is 6.11. The third-order valence-electron chi connectivity index (χ3n) is 3.70. The summed E-state index contributed by atoms with van der Waals surface area (Å²) in [5, 5.41) is 0. The summed E-state index contributed by atoms with van der Waals surface area (Å²) in [7, 11) is 0. The van der Waals surface area contributed by atoms with Gasteiger partial charge in [0.2, 0.25) is 0 Å². The zero-order chi connectivity index (χ0) is 11.4. The van der Waals surface area contributed by atoms with Crippen molar-refractivity contribution in [2.24, 2.45) is 5.92 Å². The van der Waals surface area contributed by atoms with Gasteiger partial charge in [-0.25, -0.2) is 0 Å². The van der Waals surface area contributed by atoms with Gasteiger partial charge in [0.25, 0.3) is 0 Å². The van der Waals surface area contributed by atoms with Gasteiger partial charge in [-0.15, -0.1) is 0 Å². The minimum atomic E-state index is 0.694. The van der Waals surface area contributed by atoms with E-state index in [2.05, 4.69) is 58.9 Å². The monoisotopic (exact) mass is 202 g/mol. The van der Waals surface area contributed by atoms with Gasteiger partial charge in [-0.3, -0.25) is 0 Å². The molecule has 0 amide bonds. The van der Waals surface area contributed by atoms with Crippen LogP contribution in [0.2, 0.25) is 0 Å². The highest BCUT2D eigenvalue weighted by atomic mass is 14.2. The van der Waals surface area contributed by atoms with Crippen LogP contribution in [0.25, 0.3) is 0 Å². The molecule has 0 aromatic carbocycles. The van der Waals surface area contributed by atoms with E-state index in [-0.39, 0.29) is 0 Å². The predicted molar refractivity (Wildman–Crippen MR) is 68.8 cm³/mol. The molecule has 82 valence electrons. The molecule has 0 atom stereocenters. The van der Waals surface area contributed by atoms with Crippen LogP contribution in [0, 0.1) is 5.92 Å². The first kappa shape index (κ1) is 12.0.